The second-order valence-corrected chi connectivity index (χ2v) is 7.72. The van der Waals surface area contributed by atoms with Crippen LogP contribution in [0, 0.1) is 25.2 Å². The molecule has 0 fully saturated rings. The van der Waals surface area contributed by atoms with Gasteiger partial charge in [-0.05, 0) is 61.4 Å². The first-order chi connectivity index (χ1) is 15.3. The number of amides is 2. The van der Waals surface area contributed by atoms with E-state index >= 15 is 0 Å². The first kappa shape index (κ1) is 22.8. The summed E-state index contributed by atoms with van der Waals surface area (Å²) in [6.45, 7) is 3.45. The van der Waals surface area contributed by atoms with Crippen LogP contribution in [0.5, 0.6) is 0 Å². The summed E-state index contributed by atoms with van der Waals surface area (Å²) in [7, 11) is 0. The summed E-state index contributed by atoms with van der Waals surface area (Å²) in [5, 5.41) is 15.3. The van der Waals surface area contributed by atoms with Crippen molar-refractivity contribution in [3.05, 3.63) is 97.9 Å². The number of pyridine rings is 1. The molecule has 2 aromatic carbocycles. The number of aryl methyl sites for hydroxylation is 2. The SMILES string of the molecule is Cc1cc(C)n(CC(=O)Nc2cccc(C(=O)NCc3cccc(Cl)c3)c2)c(=O)c1C#N. The van der Waals surface area contributed by atoms with Crippen molar-refractivity contribution in [2.24, 2.45) is 0 Å². The monoisotopic (exact) mass is 448 g/mol. The molecule has 1 aromatic heterocycles. The quantitative estimate of drug-likeness (QED) is 0.601. The van der Waals surface area contributed by atoms with E-state index in [1.807, 2.05) is 12.1 Å². The molecule has 3 aromatic rings. The molecule has 0 bridgehead atoms. The van der Waals surface area contributed by atoms with Gasteiger partial charge in [-0.25, -0.2) is 0 Å². The first-order valence-corrected chi connectivity index (χ1v) is 10.2. The van der Waals surface area contributed by atoms with Gasteiger partial charge in [-0.3, -0.25) is 14.4 Å². The predicted octanol–water partition coefficient (Wildman–Crippen LogP) is 3.56. The lowest BCUT2D eigenvalue weighted by Crippen LogP contribution is -2.31. The molecule has 8 heteroatoms. The van der Waals surface area contributed by atoms with Gasteiger partial charge >= 0.3 is 0 Å². The van der Waals surface area contributed by atoms with Crippen molar-refractivity contribution < 1.29 is 9.59 Å². The van der Waals surface area contributed by atoms with Crippen LogP contribution in [-0.2, 0) is 17.9 Å². The predicted molar refractivity (Wildman–Crippen MR) is 123 cm³/mol. The Kier molecular flexibility index (Phi) is 7.08. The highest BCUT2D eigenvalue weighted by atomic mass is 35.5. The number of benzene rings is 2. The highest BCUT2D eigenvalue weighted by Gasteiger charge is 2.14. The maximum atomic E-state index is 12.5. The van der Waals surface area contributed by atoms with Crippen molar-refractivity contribution in [1.29, 1.82) is 5.26 Å². The lowest BCUT2D eigenvalue weighted by atomic mass is 10.1. The number of hydrogen-bond acceptors (Lipinski definition) is 4. The van der Waals surface area contributed by atoms with Gasteiger partial charge in [0.15, 0.2) is 0 Å². The van der Waals surface area contributed by atoms with Gasteiger partial charge in [0, 0.05) is 28.5 Å². The molecule has 3 rings (SSSR count). The van der Waals surface area contributed by atoms with Crippen LogP contribution in [0.2, 0.25) is 5.02 Å². The summed E-state index contributed by atoms with van der Waals surface area (Å²) in [4.78, 5) is 37.5. The number of carbonyl (C=O) groups excluding carboxylic acids is 2. The number of nitriles is 1. The first-order valence-electron chi connectivity index (χ1n) is 9.82. The van der Waals surface area contributed by atoms with E-state index in [4.69, 9.17) is 11.6 Å². The minimum absolute atomic E-state index is 0.0155. The Hall–Kier alpha value is -3.89. The molecule has 2 N–H and O–H groups in total. The second-order valence-electron chi connectivity index (χ2n) is 7.29. The Bertz CT molecular complexity index is 1290. The molecule has 0 aliphatic heterocycles. The molecule has 0 spiro atoms. The lowest BCUT2D eigenvalue weighted by Gasteiger charge is -2.13. The summed E-state index contributed by atoms with van der Waals surface area (Å²) in [6.07, 6.45) is 0. The van der Waals surface area contributed by atoms with Crippen LogP contribution in [0.4, 0.5) is 5.69 Å². The van der Waals surface area contributed by atoms with Crippen molar-refractivity contribution in [2.45, 2.75) is 26.9 Å². The molecule has 7 nitrogen and oxygen atoms in total. The van der Waals surface area contributed by atoms with Crippen LogP contribution in [-0.4, -0.2) is 16.4 Å². The molecule has 162 valence electrons. The number of hydrogen-bond donors (Lipinski definition) is 2. The largest absolute Gasteiger partial charge is 0.348 e. The fourth-order valence-corrected chi connectivity index (χ4v) is 3.49. The van der Waals surface area contributed by atoms with E-state index in [1.54, 1.807) is 62.4 Å². The van der Waals surface area contributed by atoms with Gasteiger partial charge in [-0.1, -0.05) is 29.8 Å². The minimum atomic E-state index is -0.505. The van der Waals surface area contributed by atoms with E-state index < -0.39 is 11.5 Å². The van der Waals surface area contributed by atoms with E-state index in [0.29, 0.717) is 34.1 Å². The molecular weight excluding hydrogens is 428 g/mol. The molecule has 2 amide bonds. The van der Waals surface area contributed by atoms with Crippen molar-refractivity contribution in [3.8, 4) is 6.07 Å². The van der Waals surface area contributed by atoms with Gasteiger partial charge in [-0.15, -0.1) is 0 Å². The molecule has 0 saturated heterocycles. The number of halogens is 1. The van der Waals surface area contributed by atoms with Crippen LogP contribution in [0.15, 0.2) is 59.4 Å². The third-order valence-electron chi connectivity index (χ3n) is 4.87. The van der Waals surface area contributed by atoms with E-state index in [1.165, 1.54) is 4.57 Å². The lowest BCUT2D eigenvalue weighted by molar-refractivity contribution is -0.116. The van der Waals surface area contributed by atoms with Crippen molar-refractivity contribution >= 4 is 29.1 Å². The summed E-state index contributed by atoms with van der Waals surface area (Å²) < 4.78 is 1.25. The average Bonchev–Trinajstić information content (AvgIpc) is 2.75. The van der Waals surface area contributed by atoms with Crippen molar-refractivity contribution in [2.75, 3.05) is 5.32 Å². The second kappa shape index (κ2) is 9.94. The van der Waals surface area contributed by atoms with Gasteiger partial charge in [0.25, 0.3) is 11.5 Å². The highest BCUT2D eigenvalue weighted by Crippen LogP contribution is 2.13. The molecule has 0 aliphatic carbocycles. The number of aromatic nitrogens is 1. The van der Waals surface area contributed by atoms with Crippen LogP contribution in [0.3, 0.4) is 0 Å². The number of nitrogens with one attached hydrogen (secondary N) is 2. The van der Waals surface area contributed by atoms with Crippen molar-refractivity contribution in [3.63, 3.8) is 0 Å². The van der Waals surface area contributed by atoms with E-state index in [-0.39, 0.29) is 18.0 Å². The number of carbonyl (C=O) groups is 2. The molecule has 0 atom stereocenters. The van der Waals surface area contributed by atoms with Crippen LogP contribution >= 0.6 is 11.6 Å². The van der Waals surface area contributed by atoms with Gasteiger partial charge in [0.1, 0.15) is 18.2 Å². The van der Waals surface area contributed by atoms with Gasteiger partial charge in [-0.2, -0.15) is 5.26 Å². The number of anilines is 1. The molecule has 0 saturated carbocycles. The number of nitrogens with zero attached hydrogens (tertiary/aromatic N) is 2. The van der Waals surface area contributed by atoms with Crippen LogP contribution < -0.4 is 16.2 Å². The average molecular weight is 449 g/mol. The molecule has 0 aliphatic rings. The molecule has 0 unspecified atom stereocenters. The fraction of sp³-hybridized carbons (Fsp3) is 0.167. The minimum Gasteiger partial charge on any atom is -0.348 e. The highest BCUT2D eigenvalue weighted by molar-refractivity contribution is 6.30. The Morgan fingerprint density at radius 2 is 1.84 bits per heavy atom. The smallest absolute Gasteiger partial charge is 0.269 e. The summed E-state index contributed by atoms with van der Waals surface area (Å²) >= 11 is 5.96. The van der Waals surface area contributed by atoms with E-state index in [2.05, 4.69) is 10.6 Å². The summed E-state index contributed by atoms with van der Waals surface area (Å²) in [5.74, 6) is -0.746. The fourth-order valence-electron chi connectivity index (χ4n) is 3.27. The van der Waals surface area contributed by atoms with E-state index in [9.17, 15) is 19.6 Å². The third kappa shape index (κ3) is 5.42. The maximum Gasteiger partial charge on any atom is 0.269 e. The summed E-state index contributed by atoms with van der Waals surface area (Å²) in [6, 6.07) is 17.3. The Morgan fingerprint density at radius 3 is 2.56 bits per heavy atom. The zero-order valence-electron chi connectivity index (χ0n) is 17.6. The molecule has 32 heavy (non-hydrogen) atoms. The van der Waals surface area contributed by atoms with Gasteiger partial charge in [0.05, 0.1) is 0 Å². The standard InChI is InChI=1S/C24H21ClN4O3/c1-15-9-16(2)29(24(32)21(15)12-26)14-22(30)28-20-8-4-6-18(11-20)23(31)27-13-17-5-3-7-19(25)10-17/h3-11H,13-14H2,1-2H3,(H,27,31)(H,28,30). The Morgan fingerprint density at radius 1 is 1.09 bits per heavy atom. The van der Waals surface area contributed by atoms with E-state index in [0.717, 1.165) is 5.56 Å². The normalized spacial score (nSPS) is 10.3. The molecular formula is C24H21ClN4O3. The van der Waals surface area contributed by atoms with Gasteiger partial charge < -0.3 is 15.2 Å². The van der Waals surface area contributed by atoms with Crippen LogP contribution in [0.25, 0.3) is 0 Å². The maximum absolute atomic E-state index is 12.5. The zero-order valence-corrected chi connectivity index (χ0v) is 18.4. The molecule has 1 heterocycles. The van der Waals surface area contributed by atoms with Crippen LogP contribution in [0.1, 0.15) is 32.7 Å². The Balaban J connectivity index is 1.68. The molecule has 0 radical (unpaired) electrons. The third-order valence-corrected chi connectivity index (χ3v) is 5.10. The topological polar surface area (TPSA) is 104 Å². The summed E-state index contributed by atoms with van der Waals surface area (Å²) in [5.41, 5.74) is 2.32. The van der Waals surface area contributed by atoms with Gasteiger partial charge in [0.2, 0.25) is 5.91 Å². The van der Waals surface area contributed by atoms with Crippen molar-refractivity contribution in [1.82, 2.24) is 9.88 Å². The Labute approximate surface area is 190 Å². The zero-order chi connectivity index (χ0) is 23.3. The number of rotatable bonds is 6.